The monoisotopic (exact) mass is 361 g/mol. The van der Waals surface area contributed by atoms with Crippen LogP contribution in [0.4, 0.5) is 0 Å². The molecule has 0 unspecified atom stereocenters. The largest absolute Gasteiger partial charge is 0.356 e. The summed E-state index contributed by atoms with van der Waals surface area (Å²) in [5.41, 5.74) is 4.17. The zero-order valence-electron chi connectivity index (χ0n) is 18.1. The predicted molar refractivity (Wildman–Crippen MR) is 116 cm³/mol. The fourth-order valence-corrected chi connectivity index (χ4v) is 2.81. The minimum atomic E-state index is 0.159. The van der Waals surface area contributed by atoms with Crippen molar-refractivity contribution in [1.82, 2.24) is 5.32 Å². The molecule has 0 aromatic carbocycles. The third-order valence-corrected chi connectivity index (χ3v) is 4.61. The lowest BCUT2D eigenvalue weighted by atomic mass is 10.1. The maximum absolute atomic E-state index is 11.9. The van der Waals surface area contributed by atoms with Crippen LogP contribution in [0, 0.1) is 0 Å². The van der Waals surface area contributed by atoms with Gasteiger partial charge < -0.3 is 5.32 Å². The van der Waals surface area contributed by atoms with Gasteiger partial charge in [-0.05, 0) is 59.8 Å². The van der Waals surface area contributed by atoms with Gasteiger partial charge in [0.15, 0.2) is 0 Å². The normalized spacial score (nSPS) is 12.2. The molecule has 0 aromatic heterocycles. The molecular weight excluding hydrogens is 318 g/mol. The van der Waals surface area contributed by atoms with Crippen molar-refractivity contribution in [3.8, 4) is 0 Å². The highest BCUT2D eigenvalue weighted by Gasteiger charge is 1.99. The molecule has 2 heteroatoms. The molecule has 0 bridgehead atoms. The van der Waals surface area contributed by atoms with Crippen LogP contribution in [0.5, 0.6) is 0 Å². The summed E-state index contributed by atoms with van der Waals surface area (Å²) in [6.45, 7) is 11.7. The summed E-state index contributed by atoms with van der Waals surface area (Å²) in [6, 6.07) is 0. The minimum absolute atomic E-state index is 0.159. The van der Waals surface area contributed by atoms with E-state index in [1.54, 1.807) is 0 Å². The van der Waals surface area contributed by atoms with Crippen molar-refractivity contribution in [2.75, 3.05) is 6.54 Å². The quantitative estimate of drug-likeness (QED) is 0.241. The molecule has 0 radical (unpaired) electrons. The molecule has 0 aliphatic heterocycles. The van der Waals surface area contributed by atoms with Crippen molar-refractivity contribution < 1.29 is 4.79 Å². The summed E-state index contributed by atoms with van der Waals surface area (Å²) in [4.78, 5) is 11.9. The van der Waals surface area contributed by atoms with Gasteiger partial charge in [-0.25, -0.2) is 0 Å². The Kier molecular flexibility index (Phi) is 16.3. The fraction of sp³-hybridized carbons (Fsp3) is 0.708. The number of unbranched alkanes of at least 4 members (excludes halogenated alkanes) is 5. The standard InChI is InChI=1S/C24H43NO/c1-6-7-8-9-10-11-20-25-24(26)19-18-23(5)17-13-16-22(4)15-12-14-21(2)3/h14,16,18H,6-13,15,17,19-20H2,1-5H3,(H,25,26)/b22-16+,23-18+. The SMILES string of the molecule is CCCCCCCCNC(=O)C/C=C(\C)CC/C=C(\C)CCC=C(C)C. The third-order valence-electron chi connectivity index (χ3n) is 4.61. The third kappa shape index (κ3) is 17.5. The first-order valence-electron chi connectivity index (χ1n) is 10.7. The number of carbonyl (C=O) groups excluding carboxylic acids is 1. The highest BCUT2D eigenvalue weighted by atomic mass is 16.1. The van der Waals surface area contributed by atoms with Gasteiger partial charge in [-0.15, -0.1) is 0 Å². The Balaban J connectivity index is 3.78. The number of nitrogens with one attached hydrogen (secondary N) is 1. The van der Waals surface area contributed by atoms with E-state index in [4.69, 9.17) is 0 Å². The average Bonchev–Trinajstić information content (AvgIpc) is 2.59. The van der Waals surface area contributed by atoms with E-state index in [0.717, 1.165) is 38.6 Å². The molecule has 0 spiro atoms. The van der Waals surface area contributed by atoms with Gasteiger partial charge >= 0.3 is 0 Å². The Labute approximate surface area is 163 Å². The maximum Gasteiger partial charge on any atom is 0.223 e. The molecule has 0 saturated heterocycles. The van der Waals surface area contributed by atoms with Crippen molar-refractivity contribution >= 4 is 5.91 Å². The van der Waals surface area contributed by atoms with Gasteiger partial charge in [0.2, 0.25) is 5.91 Å². The highest BCUT2D eigenvalue weighted by molar-refractivity contribution is 5.77. The van der Waals surface area contributed by atoms with Crippen LogP contribution >= 0.6 is 0 Å². The number of carbonyl (C=O) groups is 1. The first kappa shape index (κ1) is 24.7. The number of allylic oxidation sites excluding steroid dienone is 5. The van der Waals surface area contributed by atoms with Crippen molar-refractivity contribution in [2.24, 2.45) is 0 Å². The van der Waals surface area contributed by atoms with E-state index in [-0.39, 0.29) is 5.91 Å². The van der Waals surface area contributed by atoms with Gasteiger partial charge in [0.1, 0.15) is 0 Å². The summed E-state index contributed by atoms with van der Waals surface area (Å²) < 4.78 is 0. The van der Waals surface area contributed by atoms with E-state index in [9.17, 15) is 4.79 Å². The number of hydrogen-bond donors (Lipinski definition) is 1. The van der Waals surface area contributed by atoms with Gasteiger partial charge in [0.05, 0.1) is 0 Å². The molecule has 26 heavy (non-hydrogen) atoms. The lowest BCUT2D eigenvalue weighted by Gasteiger charge is -2.05. The highest BCUT2D eigenvalue weighted by Crippen LogP contribution is 2.11. The van der Waals surface area contributed by atoms with Crippen LogP contribution in [0.1, 0.15) is 105 Å². The van der Waals surface area contributed by atoms with Crippen LogP contribution in [0.3, 0.4) is 0 Å². The van der Waals surface area contributed by atoms with Crippen LogP contribution < -0.4 is 5.32 Å². The molecule has 0 heterocycles. The summed E-state index contributed by atoms with van der Waals surface area (Å²) in [5.74, 6) is 0.159. The first-order valence-corrected chi connectivity index (χ1v) is 10.7. The molecule has 0 rings (SSSR count). The lowest BCUT2D eigenvalue weighted by molar-refractivity contribution is -0.120. The second-order valence-electron chi connectivity index (χ2n) is 7.78. The molecule has 0 aliphatic rings. The Bertz CT molecular complexity index is 453. The minimum Gasteiger partial charge on any atom is -0.356 e. The molecule has 0 aliphatic carbocycles. The zero-order valence-corrected chi connectivity index (χ0v) is 18.1. The van der Waals surface area contributed by atoms with Crippen molar-refractivity contribution in [3.05, 3.63) is 34.9 Å². The number of amides is 1. The molecule has 0 saturated carbocycles. The number of rotatable bonds is 15. The van der Waals surface area contributed by atoms with Crippen LogP contribution in [-0.4, -0.2) is 12.5 Å². The molecular formula is C24H43NO. The second-order valence-corrected chi connectivity index (χ2v) is 7.78. The summed E-state index contributed by atoms with van der Waals surface area (Å²) in [6.07, 6.45) is 19.2. The van der Waals surface area contributed by atoms with Gasteiger partial charge in [-0.2, -0.15) is 0 Å². The Morgan fingerprint density at radius 3 is 2.00 bits per heavy atom. The van der Waals surface area contributed by atoms with E-state index < -0.39 is 0 Å². The van der Waals surface area contributed by atoms with E-state index >= 15 is 0 Å². The van der Waals surface area contributed by atoms with E-state index in [2.05, 4.69) is 58.2 Å². The fourth-order valence-electron chi connectivity index (χ4n) is 2.81. The van der Waals surface area contributed by atoms with Crippen LogP contribution in [0.15, 0.2) is 34.9 Å². The number of hydrogen-bond acceptors (Lipinski definition) is 1. The molecule has 0 fully saturated rings. The van der Waals surface area contributed by atoms with Crippen LogP contribution in [0.25, 0.3) is 0 Å². The molecule has 1 N–H and O–H groups in total. The van der Waals surface area contributed by atoms with Gasteiger partial charge in [0, 0.05) is 13.0 Å². The van der Waals surface area contributed by atoms with Gasteiger partial charge in [-0.3, -0.25) is 4.79 Å². The van der Waals surface area contributed by atoms with Gasteiger partial charge in [-0.1, -0.05) is 74.0 Å². The van der Waals surface area contributed by atoms with E-state index in [0.29, 0.717) is 6.42 Å². The second kappa shape index (κ2) is 17.1. The van der Waals surface area contributed by atoms with E-state index in [1.165, 1.54) is 48.8 Å². The summed E-state index contributed by atoms with van der Waals surface area (Å²) in [5, 5.41) is 3.03. The van der Waals surface area contributed by atoms with E-state index in [1.807, 2.05) is 0 Å². The van der Waals surface area contributed by atoms with Crippen molar-refractivity contribution in [3.63, 3.8) is 0 Å². The Morgan fingerprint density at radius 2 is 1.35 bits per heavy atom. The zero-order chi connectivity index (χ0) is 19.6. The summed E-state index contributed by atoms with van der Waals surface area (Å²) in [7, 11) is 0. The molecule has 150 valence electrons. The molecule has 0 aromatic rings. The summed E-state index contributed by atoms with van der Waals surface area (Å²) >= 11 is 0. The van der Waals surface area contributed by atoms with Crippen molar-refractivity contribution in [1.29, 1.82) is 0 Å². The van der Waals surface area contributed by atoms with Crippen LogP contribution in [-0.2, 0) is 4.79 Å². The Morgan fingerprint density at radius 1 is 0.769 bits per heavy atom. The van der Waals surface area contributed by atoms with Crippen LogP contribution in [0.2, 0.25) is 0 Å². The maximum atomic E-state index is 11.9. The molecule has 2 nitrogen and oxygen atoms in total. The van der Waals surface area contributed by atoms with Gasteiger partial charge in [0.25, 0.3) is 0 Å². The molecule has 1 amide bonds. The molecule has 0 atom stereocenters. The Hall–Kier alpha value is -1.31. The predicted octanol–water partition coefficient (Wildman–Crippen LogP) is 7.27. The lowest BCUT2D eigenvalue weighted by Crippen LogP contribution is -2.23. The van der Waals surface area contributed by atoms with Crippen molar-refractivity contribution in [2.45, 2.75) is 105 Å². The smallest absolute Gasteiger partial charge is 0.223 e. The topological polar surface area (TPSA) is 29.1 Å². The average molecular weight is 362 g/mol. The first-order chi connectivity index (χ1) is 12.5.